The van der Waals surface area contributed by atoms with Gasteiger partial charge in [0.05, 0.1) is 24.0 Å². The molecule has 0 aliphatic heterocycles. The van der Waals surface area contributed by atoms with Gasteiger partial charge in [0.1, 0.15) is 12.4 Å². The van der Waals surface area contributed by atoms with E-state index in [9.17, 15) is 8.78 Å². The Morgan fingerprint density at radius 2 is 2.14 bits per heavy atom. The Hall–Kier alpha value is -2.62. The lowest BCUT2D eigenvalue weighted by Crippen LogP contribution is -2.06. The van der Waals surface area contributed by atoms with Gasteiger partial charge in [-0.15, -0.1) is 0 Å². The maximum absolute atomic E-state index is 12.4. The largest absolute Gasteiger partial charge is 0.485 e. The van der Waals surface area contributed by atoms with E-state index in [1.165, 1.54) is 18.2 Å². The van der Waals surface area contributed by atoms with E-state index in [1.807, 2.05) is 19.9 Å². The zero-order valence-electron chi connectivity index (χ0n) is 12.2. The number of hydrogen-bond donors (Lipinski definition) is 0. The molecule has 22 heavy (non-hydrogen) atoms. The van der Waals surface area contributed by atoms with Crippen molar-refractivity contribution in [3.63, 3.8) is 0 Å². The van der Waals surface area contributed by atoms with Crippen LogP contribution in [0.25, 0.3) is 0 Å². The van der Waals surface area contributed by atoms with Crippen LogP contribution in [0.1, 0.15) is 31.0 Å². The van der Waals surface area contributed by atoms with Gasteiger partial charge >= 0.3 is 6.61 Å². The molecule has 0 aliphatic carbocycles. The summed E-state index contributed by atoms with van der Waals surface area (Å²) in [6.07, 6.45) is 3.28. The van der Waals surface area contributed by atoms with Crippen LogP contribution >= 0.6 is 0 Å². The molecular weight excluding hydrogens is 292 g/mol. The summed E-state index contributed by atoms with van der Waals surface area (Å²) in [4.78, 5) is 0. The molecule has 116 valence electrons. The van der Waals surface area contributed by atoms with Crippen LogP contribution in [0.5, 0.6) is 11.5 Å². The van der Waals surface area contributed by atoms with Gasteiger partial charge in [-0.25, -0.2) is 0 Å². The average Bonchev–Trinajstić information content (AvgIpc) is 2.94. The van der Waals surface area contributed by atoms with Crippen LogP contribution in [0, 0.1) is 11.3 Å². The minimum Gasteiger partial charge on any atom is -0.485 e. The van der Waals surface area contributed by atoms with Gasteiger partial charge in [0.25, 0.3) is 0 Å². The highest BCUT2D eigenvalue weighted by Crippen LogP contribution is 2.24. The molecule has 1 aromatic carbocycles. The maximum atomic E-state index is 12.4. The van der Waals surface area contributed by atoms with Crippen molar-refractivity contribution in [3.05, 3.63) is 41.7 Å². The molecule has 7 heteroatoms. The zero-order valence-corrected chi connectivity index (χ0v) is 12.2. The predicted octanol–water partition coefficient (Wildman–Crippen LogP) is 3.52. The monoisotopic (exact) mass is 307 g/mol. The highest BCUT2D eigenvalue weighted by atomic mass is 19.3. The first-order valence-corrected chi connectivity index (χ1v) is 6.64. The number of aromatic nitrogens is 2. The topological polar surface area (TPSA) is 60.1 Å². The van der Waals surface area contributed by atoms with Crippen LogP contribution in [0.15, 0.2) is 30.6 Å². The van der Waals surface area contributed by atoms with Crippen LogP contribution < -0.4 is 9.47 Å². The van der Waals surface area contributed by atoms with Crippen molar-refractivity contribution in [1.29, 1.82) is 5.26 Å². The molecule has 0 bridgehead atoms. The molecule has 1 heterocycles. The van der Waals surface area contributed by atoms with Crippen molar-refractivity contribution in [1.82, 2.24) is 9.78 Å². The molecule has 0 fully saturated rings. The molecule has 2 rings (SSSR count). The van der Waals surface area contributed by atoms with Crippen LogP contribution in [0.2, 0.25) is 0 Å². The summed E-state index contributed by atoms with van der Waals surface area (Å²) in [6, 6.07) is 6.40. The fraction of sp³-hybridized carbons (Fsp3) is 0.333. The van der Waals surface area contributed by atoms with Gasteiger partial charge < -0.3 is 9.47 Å². The van der Waals surface area contributed by atoms with Crippen molar-refractivity contribution in [3.8, 4) is 17.6 Å². The Morgan fingerprint density at radius 1 is 1.36 bits per heavy atom. The second-order valence-electron chi connectivity index (χ2n) is 4.85. The van der Waals surface area contributed by atoms with Crippen LogP contribution in [0.4, 0.5) is 8.78 Å². The number of benzene rings is 1. The van der Waals surface area contributed by atoms with Gasteiger partial charge in [-0.3, -0.25) is 4.68 Å². The zero-order chi connectivity index (χ0) is 16.1. The number of nitriles is 1. The lowest BCUT2D eigenvalue weighted by atomic mass is 10.1. The van der Waals surface area contributed by atoms with Gasteiger partial charge in [-0.05, 0) is 26.0 Å². The maximum Gasteiger partial charge on any atom is 0.387 e. The van der Waals surface area contributed by atoms with Crippen LogP contribution in [-0.4, -0.2) is 16.4 Å². The molecule has 0 atom stereocenters. The Labute approximate surface area is 126 Å². The molecule has 5 nitrogen and oxygen atoms in total. The van der Waals surface area contributed by atoms with Gasteiger partial charge in [0.2, 0.25) is 0 Å². The van der Waals surface area contributed by atoms with Gasteiger partial charge in [-0.2, -0.15) is 19.1 Å². The normalized spacial score (nSPS) is 10.8. The van der Waals surface area contributed by atoms with Crippen molar-refractivity contribution in [2.75, 3.05) is 0 Å². The molecule has 0 N–H and O–H groups in total. The van der Waals surface area contributed by atoms with E-state index < -0.39 is 6.61 Å². The Bertz CT molecular complexity index is 678. The first-order chi connectivity index (χ1) is 10.5. The molecule has 0 amide bonds. The van der Waals surface area contributed by atoms with E-state index in [-0.39, 0.29) is 24.0 Å². The van der Waals surface area contributed by atoms with E-state index in [2.05, 4.69) is 9.84 Å². The summed E-state index contributed by atoms with van der Waals surface area (Å²) in [5.41, 5.74) is 0.670. The lowest BCUT2D eigenvalue weighted by Gasteiger charge is -2.11. The second-order valence-corrected chi connectivity index (χ2v) is 4.85. The third kappa shape index (κ3) is 3.95. The number of nitrogens with zero attached hydrogens (tertiary/aromatic N) is 3. The Balaban J connectivity index is 2.12. The standard InChI is InChI=1S/C15H15F2N3O2/c1-10(2)20-8-13(7-19-20)21-9-12-4-3-11(6-18)5-14(12)22-15(16)17/h3-5,7-8,10,15H,9H2,1-2H3. The number of rotatable bonds is 6. The minimum atomic E-state index is -2.96. The molecule has 0 aliphatic rings. The van der Waals surface area contributed by atoms with E-state index in [4.69, 9.17) is 10.00 Å². The fourth-order valence-electron chi connectivity index (χ4n) is 1.79. The third-order valence-corrected chi connectivity index (χ3v) is 2.91. The van der Waals surface area contributed by atoms with Crippen molar-refractivity contribution in [2.45, 2.75) is 33.1 Å². The summed E-state index contributed by atoms with van der Waals surface area (Å²) in [5.74, 6) is 0.464. The molecule has 1 aromatic heterocycles. The van der Waals surface area contributed by atoms with Crippen molar-refractivity contribution in [2.24, 2.45) is 0 Å². The molecule has 0 radical (unpaired) electrons. The highest BCUT2D eigenvalue weighted by Gasteiger charge is 2.12. The number of alkyl halides is 2. The summed E-state index contributed by atoms with van der Waals surface area (Å²) >= 11 is 0. The Morgan fingerprint density at radius 3 is 2.73 bits per heavy atom. The average molecular weight is 307 g/mol. The van der Waals surface area contributed by atoms with Crippen LogP contribution in [0.3, 0.4) is 0 Å². The number of ether oxygens (including phenoxy) is 2. The van der Waals surface area contributed by atoms with E-state index >= 15 is 0 Å². The van der Waals surface area contributed by atoms with Crippen molar-refractivity contribution < 1.29 is 18.3 Å². The fourth-order valence-corrected chi connectivity index (χ4v) is 1.79. The molecular formula is C15H15F2N3O2. The number of halogens is 2. The first kappa shape index (κ1) is 15.8. The summed E-state index contributed by atoms with van der Waals surface area (Å²) < 4.78 is 36.6. The third-order valence-electron chi connectivity index (χ3n) is 2.91. The van der Waals surface area contributed by atoms with Gasteiger partial charge in [-0.1, -0.05) is 6.07 Å². The van der Waals surface area contributed by atoms with Gasteiger partial charge in [0.15, 0.2) is 5.75 Å². The number of hydrogen-bond acceptors (Lipinski definition) is 4. The molecule has 0 saturated heterocycles. The summed E-state index contributed by atoms with van der Waals surface area (Å²) in [5, 5.41) is 12.9. The summed E-state index contributed by atoms with van der Waals surface area (Å²) in [7, 11) is 0. The molecule has 0 saturated carbocycles. The Kier molecular flexibility index (Phi) is 4.94. The lowest BCUT2D eigenvalue weighted by molar-refractivity contribution is -0.0508. The predicted molar refractivity (Wildman–Crippen MR) is 74.7 cm³/mol. The molecule has 0 unspecified atom stereocenters. The van der Waals surface area contributed by atoms with E-state index in [0.29, 0.717) is 11.3 Å². The first-order valence-electron chi connectivity index (χ1n) is 6.64. The second kappa shape index (κ2) is 6.89. The SMILES string of the molecule is CC(C)n1cc(OCc2ccc(C#N)cc2OC(F)F)cn1. The quantitative estimate of drug-likeness (QED) is 0.819. The highest BCUT2D eigenvalue weighted by molar-refractivity contribution is 5.42. The van der Waals surface area contributed by atoms with Gasteiger partial charge in [0, 0.05) is 11.6 Å². The van der Waals surface area contributed by atoms with E-state index in [1.54, 1.807) is 17.1 Å². The molecule has 0 spiro atoms. The van der Waals surface area contributed by atoms with Crippen molar-refractivity contribution >= 4 is 0 Å². The smallest absolute Gasteiger partial charge is 0.387 e. The van der Waals surface area contributed by atoms with Crippen LogP contribution in [-0.2, 0) is 6.61 Å². The summed E-state index contributed by atoms with van der Waals surface area (Å²) in [6.45, 7) is 1.03. The minimum absolute atomic E-state index is 0.0392. The molecule has 2 aromatic rings. The van der Waals surface area contributed by atoms with E-state index in [0.717, 1.165) is 0 Å².